The first-order valence-electron chi connectivity index (χ1n) is 10.2. The van der Waals surface area contributed by atoms with Crippen LogP contribution in [-0.2, 0) is 46.8 Å². The van der Waals surface area contributed by atoms with Crippen LogP contribution in [0.4, 0.5) is 0 Å². The van der Waals surface area contributed by atoms with E-state index in [1.807, 2.05) is 45.8 Å². The van der Waals surface area contributed by atoms with Gasteiger partial charge in [0.2, 0.25) is 0 Å². The zero-order valence-corrected chi connectivity index (χ0v) is 18.7. The van der Waals surface area contributed by atoms with Crippen LogP contribution < -0.4 is 0 Å². The van der Waals surface area contributed by atoms with Crippen molar-refractivity contribution in [2.75, 3.05) is 13.1 Å². The minimum atomic E-state index is -0.898. The van der Waals surface area contributed by atoms with Gasteiger partial charge in [-0.25, -0.2) is 4.98 Å². The quantitative estimate of drug-likeness (QED) is 0.503. The summed E-state index contributed by atoms with van der Waals surface area (Å²) >= 11 is 0. The number of hydrogen-bond donors (Lipinski definition) is 2. The van der Waals surface area contributed by atoms with Crippen molar-refractivity contribution in [3.05, 3.63) is 48.3 Å². The van der Waals surface area contributed by atoms with E-state index < -0.39 is 11.9 Å². The van der Waals surface area contributed by atoms with Crippen LogP contribution in [0.5, 0.6) is 0 Å². The number of carbonyl (C=O) groups is 2. The van der Waals surface area contributed by atoms with Gasteiger partial charge in [0, 0.05) is 44.6 Å². The fraction of sp³-hybridized carbons (Fsp3) is 0.524. The van der Waals surface area contributed by atoms with Crippen molar-refractivity contribution in [1.29, 1.82) is 0 Å². The molecule has 1 unspecified atom stereocenters. The van der Waals surface area contributed by atoms with E-state index in [9.17, 15) is 19.8 Å². The van der Waals surface area contributed by atoms with Gasteiger partial charge < -0.3 is 14.8 Å². The number of imidazole rings is 1. The minimum absolute atomic E-state index is 0. The van der Waals surface area contributed by atoms with E-state index in [1.165, 1.54) is 0 Å². The van der Waals surface area contributed by atoms with Crippen molar-refractivity contribution in [1.82, 2.24) is 24.3 Å². The van der Waals surface area contributed by atoms with Gasteiger partial charge in [-0.1, -0.05) is 18.9 Å². The van der Waals surface area contributed by atoms with E-state index in [0.29, 0.717) is 13.1 Å². The molecule has 2 N–H and O–H groups in total. The third-order valence-corrected chi connectivity index (χ3v) is 5.52. The first kappa shape index (κ1) is 25.0. The molecule has 0 aromatic carbocycles. The van der Waals surface area contributed by atoms with Gasteiger partial charge in [-0.3, -0.25) is 24.4 Å². The Bertz CT molecular complexity index is 847. The zero-order chi connectivity index (χ0) is 21.5. The van der Waals surface area contributed by atoms with Crippen LogP contribution in [0.3, 0.4) is 0 Å². The summed E-state index contributed by atoms with van der Waals surface area (Å²) in [7, 11) is 1.88. The molecular formula is C21H29FeN5O4+2. The summed E-state index contributed by atoms with van der Waals surface area (Å²) in [5.74, 6) is -1.80. The molecule has 0 bridgehead atoms. The minimum Gasteiger partial charge on any atom is -0.480 e. The van der Waals surface area contributed by atoms with Gasteiger partial charge in [-0.15, -0.1) is 0 Å². The topological polar surface area (TPSA) is 112 Å². The fourth-order valence-corrected chi connectivity index (χ4v) is 4.33. The van der Waals surface area contributed by atoms with E-state index in [1.54, 1.807) is 12.5 Å². The maximum atomic E-state index is 11.6. The third-order valence-electron chi connectivity index (χ3n) is 5.52. The zero-order valence-electron chi connectivity index (χ0n) is 17.6. The Morgan fingerprint density at radius 1 is 1.00 bits per heavy atom. The molecule has 2 heterocycles. The predicted molar refractivity (Wildman–Crippen MR) is 110 cm³/mol. The molecule has 9 nitrogen and oxygen atoms in total. The van der Waals surface area contributed by atoms with E-state index in [4.69, 9.17) is 0 Å². The number of carboxylic acid groups (broad SMARTS) is 2. The fourth-order valence-electron chi connectivity index (χ4n) is 4.33. The number of aromatic nitrogens is 3. The monoisotopic (exact) mass is 471 g/mol. The van der Waals surface area contributed by atoms with Crippen molar-refractivity contribution < 1.29 is 36.9 Å². The number of pyridine rings is 1. The number of carboxylic acids is 2. The Morgan fingerprint density at radius 3 is 2.03 bits per heavy atom. The van der Waals surface area contributed by atoms with Crippen LogP contribution in [0.15, 0.2) is 36.9 Å². The molecule has 168 valence electrons. The maximum Gasteiger partial charge on any atom is 2.00 e. The molecule has 1 saturated carbocycles. The Labute approximate surface area is 192 Å². The van der Waals surface area contributed by atoms with Crippen LogP contribution >= 0.6 is 0 Å². The average molecular weight is 471 g/mol. The van der Waals surface area contributed by atoms with Gasteiger partial charge in [0.05, 0.1) is 30.8 Å². The average Bonchev–Trinajstić information content (AvgIpc) is 3.12. The van der Waals surface area contributed by atoms with E-state index in [0.717, 1.165) is 37.1 Å². The number of nitrogens with zero attached hydrogens (tertiary/aromatic N) is 5. The molecule has 2 aromatic heterocycles. The molecule has 0 radical (unpaired) electrons. The summed E-state index contributed by atoms with van der Waals surface area (Å²) in [5, 5.41) is 19.0. The van der Waals surface area contributed by atoms with Crippen molar-refractivity contribution in [2.45, 2.75) is 50.9 Å². The number of aliphatic carboxylic acids is 2. The standard InChI is InChI=1S/C21H29N5O4.Fe/c1-24-10-17(23-15-24)12-26(14-21(29)30)19-8-3-2-7-18(19)25(13-20(27)28)11-16-6-4-5-9-22-16;/h4-6,9-10,15,18-19H,2-3,7-8,11-14H2,1H3,(H,27,28)(H,29,30);/q;+2/t18-,19?;/m0./s1. The smallest absolute Gasteiger partial charge is 0.480 e. The summed E-state index contributed by atoms with van der Waals surface area (Å²) in [6.45, 7) is 0.613. The van der Waals surface area contributed by atoms with E-state index in [-0.39, 0.29) is 42.2 Å². The number of hydrogen-bond acceptors (Lipinski definition) is 6. The second-order valence-corrected chi connectivity index (χ2v) is 7.87. The van der Waals surface area contributed by atoms with E-state index in [2.05, 4.69) is 9.97 Å². The van der Waals surface area contributed by atoms with Gasteiger partial charge in [-0.2, -0.15) is 0 Å². The Hall–Kier alpha value is -2.26. The summed E-state index contributed by atoms with van der Waals surface area (Å²) in [6, 6.07) is 5.46. The van der Waals surface area contributed by atoms with Crippen molar-refractivity contribution in [3.63, 3.8) is 0 Å². The summed E-state index contributed by atoms with van der Waals surface area (Å²) in [6.07, 6.45) is 8.91. The van der Waals surface area contributed by atoms with Crippen LogP contribution in [0.2, 0.25) is 0 Å². The molecule has 10 heteroatoms. The van der Waals surface area contributed by atoms with Gasteiger partial charge >= 0.3 is 29.0 Å². The molecule has 2 aromatic rings. The molecule has 0 amide bonds. The first-order chi connectivity index (χ1) is 14.4. The Balaban J connectivity index is 0.00000341. The van der Waals surface area contributed by atoms with Crippen molar-refractivity contribution in [2.24, 2.45) is 7.05 Å². The van der Waals surface area contributed by atoms with Crippen LogP contribution in [0.25, 0.3) is 0 Å². The van der Waals surface area contributed by atoms with Crippen molar-refractivity contribution >= 4 is 11.9 Å². The maximum absolute atomic E-state index is 11.6. The van der Waals surface area contributed by atoms with Crippen LogP contribution in [-0.4, -0.2) is 71.7 Å². The molecule has 2 atom stereocenters. The third kappa shape index (κ3) is 7.43. The summed E-state index contributed by atoms with van der Waals surface area (Å²) in [5.41, 5.74) is 1.61. The second-order valence-electron chi connectivity index (χ2n) is 7.87. The second kappa shape index (κ2) is 12.0. The Morgan fingerprint density at radius 2 is 1.58 bits per heavy atom. The molecule has 3 rings (SSSR count). The largest absolute Gasteiger partial charge is 2.00 e. The molecule has 0 aliphatic heterocycles. The predicted octanol–water partition coefficient (Wildman–Crippen LogP) is 1.60. The summed E-state index contributed by atoms with van der Waals surface area (Å²) in [4.78, 5) is 35.8. The van der Waals surface area contributed by atoms with Crippen LogP contribution in [0, 0.1) is 0 Å². The number of aryl methyl sites for hydroxylation is 1. The Kier molecular flexibility index (Phi) is 9.64. The van der Waals surface area contributed by atoms with Crippen LogP contribution in [0.1, 0.15) is 37.1 Å². The molecule has 31 heavy (non-hydrogen) atoms. The van der Waals surface area contributed by atoms with Gasteiger partial charge in [0.25, 0.3) is 0 Å². The summed E-state index contributed by atoms with van der Waals surface area (Å²) < 4.78 is 1.84. The molecule has 1 fully saturated rings. The molecule has 1 aliphatic rings. The normalized spacial score (nSPS) is 18.7. The molecule has 1 aliphatic carbocycles. The molecule has 0 spiro atoms. The SMILES string of the molecule is Cn1cnc(CN(CC(=O)O)C2CCCC[C@@H]2N(CC(=O)O)Cc2ccccn2)c1.[Fe+2]. The molecular weight excluding hydrogens is 442 g/mol. The number of rotatable bonds is 10. The first-order valence-corrected chi connectivity index (χ1v) is 10.2. The van der Waals surface area contributed by atoms with E-state index >= 15 is 0 Å². The van der Waals surface area contributed by atoms with Crippen molar-refractivity contribution in [3.8, 4) is 0 Å². The van der Waals surface area contributed by atoms with Gasteiger partial charge in [0.15, 0.2) is 0 Å². The molecule has 0 saturated heterocycles. The van der Waals surface area contributed by atoms with Gasteiger partial charge in [0.1, 0.15) is 0 Å². The van der Waals surface area contributed by atoms with Gasteiger partial charge in [-0.05, 0) is 25.0 Å².